The first-order valence-electron chi connectivity index (χ1n) is 8.05. The molecule has 0 aromatic heterocycles. The number of benzene rings is 1. The Morgan fingerprint density at radius 3 is 3.05 bits per heavy atom. The summed E-state index contributed by atoms with van der Waals surface area (Å²) in [6.07, 6.45) is 3.59. The molecule has 0 radical (unpaired) electrons. The summed E-state index contributed by atoms with van der Waals surface area (Å²) in [6, 6.07) is 8.93. The van der Waals surface area contributed by atoms with Crippen LogP contribution >= 0.6 is 0 Å². The zero-order chi connectivity index (χ0) is 15.5. The van der Waals surface area contributed by atoms with Crippen LogP contribution in [0.2, 0.25) is 0 Å². The lowest BCUT2D eigenvalue weighted by Crippen LogP contribution is -2.43. The number of hydrazine groups is 1. The highest BCUT2D eigenvalue weighted by Crippen LogP contribution is 2.34. The van der Waals surface area contributed by atoms with Gasteiger partial charge < -0.3 is 4.74 Å². The fourth-order valence-corrected chi connectivity index (χ4v) is 3.77. The average molecular weight is 303 g/mol. The van der Waals surface area contributed by atoms with Gasteiger partial charge in [0.1, 0.15) is 6.04 Å². The smallest absolute Gasteiger partial charge is 0.324 e. The minimum Gasteiger partial charge on any atom is -0.468 e. The zero-order valence-corrected chi connectivity index (χ0v) is 13.3. The Morgan fingerprint density at radius 2 is 2.23 bits per heavy atom. The number of nitrogens with one attached hydrogen (secondary N) is 2. The molecule has 1 heterocycles. The molecule has 0 bridgehead atoms. The molecule has 1 saturated heterocycles. The predicted molar refractivity (Wildman–Crippen MR) is 85.2 cm³/mol. The van der Waals surface area contributed by atoms with E-state index in [9.17, 15) is 4.79 Å². The van der Waals surface area contributed by atoms with E-state index in [1.807, 2.05) is 0 Å². The van der Waals surface area contributed by atoms with E-state index in [1.54, 1.807) is 0 Å². The minimum atomic E-state index is -0.258. The molecule has 3 rings (SSSR count). The third kappa shape index (κ3) is 3.02. The van der Waals surface area contributed by atoms with Gasteiger partial charge in [-0.15, -0.1) is 0 Å². The number of hydrogen-bond acceptors (Lipinski definition) is 5. The number of nitrogens with zero attached hydrogens (tertiary/aromatic N) is 1. The second kappa shape index (κ2) is 6.77. The molecule has 3 unspecified atom stereocenters. The summed E-state index contributed by atoms with van der Waals surface area (Å²) in [6.45, 7) is 1.66. The molecule has 1 aliphatic heterocycles. The maximum Gasteiger partial charge on any atom is 0.324 e. The van der Waals surface area contributed by atoms with Gasteiger partial charge >= 0.3 is 5.97 Å². The number of esters is 1. The highest BCUT2D eigenvalue weighted by molar-refractivity contribution is 5.76. The Balaban J connectivity index is 1.70. The number of fused-ring (bicyclic) bond motifs is 1. The van der Waals surface area contributed by atoms with E-state index in [4.69, 9.17) is 4.74 Å². The Hall–Kier alpha value is -1.43. The molecule has 2 aliphatic rings. The van der Waals surface area contributed by atoms with Gasteiger partial charge in [-0.05, 0) is 37.4 Å². The van der Waals surface area contributed by atoms with Crippen LogP contribution in [-0.2, 0) is 16.0 Å². The third-order valence-electron chi connectivity index (χ3n) is 4.94. The number of carbonyl (C=O) groups excluding carboxylic acids is 1. The van der Waals surface area contributed by atoms with E-state index in [1.165, 1.54) is 37.5 Å². The molecule has 3 atom stereocenters. The van der Waals surface area contributed by atoms with Crippen molar-refractivity contribution in [2.75, 3.05) is 27.2 Å². The van der Waals surface area contributed by atoms with Crippen molar-refractivity contribution >= 4 is 5.97 Å². The standard InChI is InChI=1S/C17H25N3O2/c1-20(11-13-10-18-19-16(13)17(21)22-2)15-9-5-7-12-6-3-4-8-14(12)15/h3-4,6,8,13,15-16,18-19H,5,7,9-11H2,1-2H3. The maximum absolute atomic E-state index is 11.8. The molecule has 1 fully saturated rings. The van der Waals surface area contributed by atoms with Crippen molar-refractivity contribution in [3.05, 3.63) is 35.4 Å². The molecule has 0 amide bonds. The van der Waals surface area contributed by atoms with E-state index in [0.717, 1.165) is 13.1 Å². The Kier molecular flexibility index (Phi) is 4.76. The topological polar surface area (TPSA) is 53.6 Å². The zero-order valence-electron chi connectivity index (χ0n) is 13.3. The monoisotopic (exact) mass is 303 g/mol. The van der Waals surface area contributed by atoms with E-state index >= 15 is 0 Å². The van der Waals surface area contributed by atoms with Crippen molar-refractivity contribution in [3.8, 4) is 0 Å². The van der Waals surface area contributed by atoms with E-state index < -0.39 is 0 Å². The summed E-state index contributed by atoms with van der Waals surface area (Å²) in [7, 11) is 3.61. The SMILES string of the molecule is COC(=O)C1NNCC1CN(C)C1CCCc2ccccc21. The molecule has 22 heavy (non-hydrogen) atoms. The Bertz CT molecular complexity index is 534. The van der Waals surface area contributed by atoms with Crippen LogP contribution in [-0.4, -0.2) is 44.2 Å². The number of ether oxygens (including phenoxy) is 1. The fraction of sp³-hybridized carbons (Fsp3) is 0.588. The van der Waals surface area contributed by atoms with Crippen molar-refractivity contribution in [2.45, 2.75) is 31.3 Å². The molecule has 5 nitrogen and oxygen atoms in total. The highest BCUT2D eigenvalue weighted by atomic mass is 16.5. The molecule has 1 aliphatic carbocycles. The number of aryl methyl sites for hydroxylation is 1. The van der Waals surface area contributed by atoms with Crippen LogP contribution in [0.4, 0.5) is 0 Å². The number of methoxy groups -OCH3 is 1. The summed E-state index contributed by atoms with van der Waals surface area (Å²) < 4.78 is 4.89. The summed E-state index contributed by atoms with van der Waals surface area (Å²) >= 11 is 0. The van der Waals surface area contributed by atoms with Crippen LogP contribution in [0, 0.1) is 5.92 Å². The van der Waals surface area contributed by atoms with Gasteiger partial charge in [-0.2, -0.15) is 0 Å². The predicted octanol–water partition coefficient (Wildman–Crippen LogP) is 1.26. The first-order valence-corrected chi connectivity index (χ1v) is 8.05. The molecule has 2 N–H and O–H groups in total. The molecule has 0 saturated carbocycles. The van der Waals surface area contributed by atoms with Crippen molar-refractivity contribution < 1.29 is 9.53 Å². The van der Waals surface area contributed by atoms with Crippen molar-refractivity contribution in [2.24, 2.45) is 5.92 Å². The van der Waals surface area contributed by atoms with Crippen molar-refractivity contribution in [1.29, 1.82) is 0 Å². The minimum absolute atomic E-state index is 0.188. The van der Waals surface area contributed by atoms with Crippen LogP contribution in [0.3, 0.4) is 0 Å². The molecular formula is C17H25N3O2. The first kappa shape index (κ1) is 15.5. The normalized spacial score (nSPS) is 27.7. The Morgan fingerprint density at radius 1 is 1.41 bits per heavy atom. The third-order valence-corrected chi connectivity index (χ3v) is 4.94. The average Bonchev–Trinajstić information content (AvgIpc) is 3.01. The number of rotatable bonds is 4. The van der Waals surface area contributed by atoms with Gasteiger partial charge in [0.05, 0.1) is 7.11 Å². The molecule has 1 aromatic rings. The molecule has 120 valence electrons. The fourth-order valence-electron chi connectivity index (χ4n) is 3.77. The van der Waals surface area contributed by atoms with E-state index in [0.29, 0.717) is 6.04 Å². The lowest BCUT2D eigenvalue weighted by Gasteiger charge is -2.35. The van der Waals surface area contributed by atoms with Crippen molar-refractivity contribution in [1.82, 2.24) is 15.8 Å². The quantitative estimate of drug-likeness (QED) is 0.820. The van der Waals surface area contributed by atoms with Gasteiger partial charge in [0.25, 0.3) is 0 Å². The summed E-state index contributed by atoms with van der Waals surface area (Å²) in [4.78, 5) is 14.2. The molecule has 1 aromatic carbocycles. The van der Waals surface area contributed by atoms with Gasteiger partial charge in [0.15, 0.2) is 0 Å². The molecule has 5 heteroatoms. The van der Waals surface area contributed by atoms with Crippen LogP contribution in [0.15, 0.2) is 24.3 Å². The van der Waals surface area contributed by atoms with Crippen LogP contribution < -0.4 is 10.9 Å². The largest absolute Gasteiger partial charge is 0.468 e. The lowest BCUT2D eigenvalue weighted by molar-refractivity contribution is -0.144. The highest BCUT2D eigenvalue weighted by Gasteiger charge is 2.35. The van der Waals surface area contributed by atoms with E-state index in [-0.39, 0.29) is 17.9 Å². The Labute approximate surface area is 132 Å². The summed E-state index contributed by atoms with van der Waals surface area (Å²) in [5.41, 5.74) is 9.04. The summed E-state index contributed by atoms with van der Waals surface area (Å²) in [5.74, 6) is 0.0407. The number of hydrogen-bond donors (Lipinski definition) is 2. The molecule has 0 spiro atoms. The lowest BCUT2D eigenvalue weighted by atomic mass is 9.86. The van der Waals surface area contributed by atoms with Gasteiger partial charge in [0, 0.05) is 25.0 Å². The first-order chi connectivity index (χ1) is 10.7. The van der Waals surface area contributed by atoms with Gasteiger partial charge in [-0.25, -0.2) is 5.43 Å². The van der Waals surface area contributed by atoms with E-state index in [2.05, 4.69) is 47.1 Å². The maximum atomic E-state index is 11.8. The summed E-state index contributed by atoms with van der Waals surface area (Å²) in [5, 5.41) is 0. The van der Waals surface area contributed by atoms with Crippen LogP contribution in [0.1, 0.15) is 30.0 Å². The van der Waals surface area contributed by atoms with Crippen molar-refractivity contribution in [3.63, 3.8) is 0 Å². The van der Waals surface area contributed by atoms with Gasteiger partial charge in [-0.3, -0.25) is 15.1 Å². The second-order valence-corrected chi connectivity index (χ2v) is 6.33. The number of carbonyl (C=O) groups is 1. The van der Waals surface area contributed by atoms with Gasteiger partial charge in [-0.1, -0.05) is 24.3 Å². The van der Waals surface area contributed by atoms with Gasteiger partial charge in [0.2, 0.25) is 0 Å². The molecular weight excluding hydrogens is 278 g/mol. The van der Waals surface area contributed by atoms with Crippen LogP contribution in [0.5, 0.6) is 0 Å². The van der Waals surface area contributed by atoms with Crippen LogP contribution in [0.25, 0.3) is 0 Å². The second-order valence-electron chi connectivity index (χ2n) is 6.33.